The Morgan fingerprint density at radius 1 is 0.611 bits per heavy atom. The van der Waals surface area contributed by atoms with Crippen LogP contribution in [-0.4, -0.2) is 91.4 Å². The minimum absolute atomic E-state index is 0.142. The number of aliphatic hydroxyl groups is 3. The van der Waals surface area contributed by atoms with Crippen LogP contribution in [0.2, 0.25) is 0 Å². The first-order valence-corrected chi connectivity index (χ1v) is 13.0. The summed E-state index contributed by atoms with van der Waals surface area (Å²) in [6.07, 6.45) is 2.58. The number of carbonyl (C=O) groups excluding carboxylic acids is 3. The molecular formula is C24H41N3O9. The smallest absolute Gasteiger partial charge is 0.307 e. The molecule has 0 aliphatic carbocycles. The van der Waals surface area contributed by atoms with E-state index >= 15 is 0 Å². The van der Waals surface area contributed by atoms with E-state index in [9.17, 15) is 29.7 Å². The lowest BCUT2D eigenvalue weighted by Gasteiger charge is -2.50. The summed E-state index contributed by atoms with van der Waals surface area (Å²) in [5.74, 6) is -0.998. The van der Waals surface area contributed by atoms with Crippen molar-refractivity contribution >= 4 is 17.9 Å². The maximum absolute atomic E-state index is 12.2. The zero-order valence-electron chi connectivity index (χ0n) is 20.8. The molecule has 12 heteroatoms. The molecule has 3 atom stereocenters. The molecule has 0 aromatic carbocycles. The van der Waals surface area contributed by atoms with Gasteiger partial charge in [-0.2, -0.15) is 0 Å². The van der Waals surface area contributed by atoms with Gasteiger partial charge in [-0.1, -0.05) is 0 Å². The summed E-state index contributed by atoms with van der Waals surface area (Å²) in [4.78, 5) is 36.5. The molecule has 0 aromatic heterocycles. The Balaban J connectivity index is 1.69. The second kappa shape index (κ2) is 13.6. The van der Waals surface area contributed by atoms with Crippen LogP contribution in [0.3, 0.4) is 0 Å². The standard InChI is InChI=1S/C24H41N3O9/c28-11-10-24(15-29,16-30)23(7-1-4-20(31)34-17-12-25-17,8-2-5-21(32)35-18-13-26-18)9-3-6-22(33)36-19-14-27-19/h17-19,25-30H,1-16H2. The van der Waals surface area contributed by atoms with Gasteiger partial charge in [-0.25, -0.2) is 0 Å². The molecule has 3 fully saturated rings. The van der Waals surface area contributed by atoms with E-state index in [1.165, 1.54) is 0 Å². The van der Waals surface area contributed by atoms with E-state index in [-0.39, 0.29) is 82.1 Å². The lowest BCUT2D eigenvalue weighted by atomic mass is 9.56. The summed E-state index contributed by atoms with van der Waals surface area (Å²) in [7, 11) is 0. The SMILES string of the molecule is O=C(CCCC(CCCC(=O)OC1CN1)(CCCC(=O)OC1CN1)C(CO)(CO)CCO)OC1CN1. The van der Waals surface area contributed by atoms with E-state index in [1.54, 1.807) is 0 Å². The zero-order chi connectivity index (χ0) is 26.0. The predicted molar refractivity (Wildman–Crippen MR) is 126 cm³/mol. The first-order chi connectivity index (χ1) is 17.3. The number of carbonyl (C=O) groups is 3. The second-order valence-corrected chi connectivity index (χ2v) is 10.1. The quantitative estimate of drug-likeness (QED) is 0.0673. The summed E-state index contributed by atoms with van der Waals surface area (Å²) in [5, 5.41) is 39.5. The minimum Gasteiger partial charge on any atom is -0.445 e. The minimum atomic E-state index is -1.06. The lowest BCUT2D eigenvalue weighted by Crippen LogP contribution is -2.49. The Hall–Kier alpha value is -1.83. The van der Waals surface area contributed by atoms with Gasteiger partial charge >= 0.3 is 17.9 Å². The molecule has 3 saturated heterocycles. The molecule has 0 bridgehead atoms. The van der Waals surface area contributed by atoms with Gasteiger partial charge in [0.05, 0.1) is 13.2 Å². The Morgan fingerprint density at radius 2 is 0.944 bits per heavy atom. The van der Waals surface area contributed by atoms with Crippen LogP contribution in [-0.2, 0) is 28.6 Å². The maximum Gasteiger partial charge on any atom is 0.307 e. The highest BCUT2D eigenvalue weighted by atomic mass is 16.6. The van der Waals surface area contributed by atoms with E-state index in [1.807, 2.05) is 0 Å². The molecule has 12 nitrogen and oxygen atoms in total. The largest absolute Gasteiger partial charge is 0.445 e. The van der Waals surface area contributed by atoms with Crippen LogP contribution in [0.1, 0.15) is 64.2 Å². The molecule has 206 valence electrons. The average molecular weight is 516 g/mol. The van der Waals surface area contributed by atoms with Crippen LogP contribution >= 0.6 is 0 Å². The summed E-state index contributed by atoms with van der Waals surface area (Å²) in [6.45, 7) is 0.916. The number of hydrogen-bond acceptors (Lipinski definition) is 12. The highest BCUT2D eigenvalue weighted by Crippen LogP contribution is 2.52. The van der Waals surface area contributed by atoms with Crippen molar-refractivity contribution in [3.63, 3.8) is 0 Å². The molecule has 0 amide bonds. The molecule has 0 spiro atoms. The van der Waals surface area contributed by atoms with Crippen LogP contribution in [0.4, 0.5) is 0 Å². The fourth-order valence-corrected chi connectivity index (χ4v) is 4.95. The van der Waals surface area contributed by atoms with E-state index < -0.39 is 10.8 Å². The summed E-state index contributed by atoms with van der Waals surface area (Å²) in [5.41, 5.74) is -1.80. The van der Waals surface area contributed by atoms with Crippen molar-refractivity contribution in [2.75, 3.05) is 39.5 Å². The fraction of sp³-hybridized carbons (Fsp3) is 0.875. The molecule has 3 aliphatic heterocycles. The topological polar surface area (TPSA) is 205 Å². The monoisotopic (exact) mass is 515 g/mol. The van der Waals surface area contributed by atoms with Crippen molar-refractivity contribution < 1.29 is 43.9 Å². The van der Waals surface area contributed by atoms with Crippen molar-refractivity contribution in [2.45, 2.75) is 82.9 Å². The van der Waals surface area contributed by atoms with Crippen LogP contribution in [0, 0.1) is 10.8 Å². The molecule has 6 N–H and O–H groups in total. The van der Waals surface area contributed by atoms with Crippen LogP contribution < -0.4 is 16.0 Å². The molecular weight excluding hydrogens is 474 g/mol. The van der Waals surface area contributed by atoms with Gasteiger partial charge in [0.15, 0.2) is 18.7 Å². The Labute approximate surface area is 211 Å². The van der Waals surface area contributed by atoms with Crippen LogP contribution in [0.25, 0.3) is 0 Å². The Morgan fingerprint density at radius 3 is 1.19 bits per heavy atom. The number of ether oxygens (including phenoxy) is 3. The Bertz CT molecular complexity index is 656. The van der Waals surface area contributed by atoms with Gasteiger partial charge in [0.25, 0.3) is 0 Å². The first kappa shape index (κ1) is 28.7. The zero-order valence-corrected chi connectivity index (χ0v) is 20.8. The van der Waals surface area contributed by atoms with Gasteiger partial charge in [0.1, 0.15) is 0 Å². The predicted octanol–water partition coefficient (Wildman–Crippen LogP) is -0.745. The third-order valence-corrected chi connectivity index (χ3v) is 7.36. The maximum atomic E-state index is 12.2. The molecule has 3 unspecified atom stereocenters. The number of rotatable bonds is 20. The lowest BCUT2D eigenvalue weighted by molar-refractivity contribution is -0.146. The van der Waals surface area contributed by atoms with Crippen molar-refractivity contribution in [3.05, 3.63) is 0 Å². The third kappa shape index (κ3) is 8.93. The van der Waals surface area contributed by atoms with Gasteiger partial charge in [0, 0.05) is 50.9 Å². The molecule has 3 rings (SSSR count). The van der Waals surface area contributed by atoms with Crippen LogP contribution in [0.15, 0.2) is 0 Å². The van der Waals surface area contributed by atoms with E-state index in [0.717, 1.165) is 0 Å². The molecule has 0 radical (unpaired) electrons. The van der Waals surface area contributed by atoms with Gasteiger partial charge in [-0.05, 0) is 50.4 Å². The number of hydrogen-bond donors (Lipinski definition) is 6. The van der Waals surface area contributed by atoms with Gasteiger partial charge in [-0.3, -0.25) is 30.3 Å². The fourth-order valence-electron chi connectivity index (χ4n) is 4.95. The summed E-state index contributed by atoms with van der Waals surface area (Å²) >= 11 is 0. The van der Waals surface area contributed by atoms with Crippen molar-refractivity contribution in [3.8, 4) is 0 Å². The van der Waals surface area contributed by atoms with Crippen molar-refractivity contribution in [1.82, 2.24) is 16.0 Å². The molecule has 3 heterocycles. The molecule has 36 heavy (non-hydrogen) atoms. The third-order valence-electron chi connectivity index (χ3n) is 7.36. The van der Waals surface area contributed by atoms with Gasteiger partial charge in [-0.15, -0.1) is 0 Å². The molecule has 0 saturated carbocycles. The summed E-state index contributed by atoms with van der Waals surface area (Å²) in [6, 6.07) is 0. The molecule has 0 aromatic rings. The number of esters is 3. The highest BCUT2D eigenvalue weighted by Gasteiger charge is 2.49. The van der Waals surface area contributed by atoms with Gasteiger partial charge < -0.3 is 29.5 Å². The summed E-state index contributed by atoms with van der Waals surface area (Å²) < 4.78 is 15.7. The number of aliphatic hydroxyl groups excluding tert-OH is 3. The van der Waals surface area contributed by atoms with Crippen molar-refractivity contribution in [2.24, 2.45) is 10.8 Å². The molecule has 3 aliphatic rings. The average Bonchev–Trinajstić information content (AvgIpc) is 3.67. The van der Waals surface area contributed by atoms with Gasteiger partial charge in [0.2, 0.25) is 0 Å². The highest BCUT2D eigenvalue weighted by molar-refractivity contribution is 5.70. The van der Waals surface area contributed by atoms with E-state index in [4.69, 9.17) is 14.2 Å². The Kier molecular flexibility index (Phi) is 10.9. The first-order valence-electron chi connectivity index (χ1n) is 13.0. The second-order valence-electron chi connectivity index (χ2n) is 10.1. The number of nitrogens with one attached hydrogen (secondary N) is 3. The van der Waals surface area contributed by atoms with E-state index in [0.29, 0.717) is 58.2 Å². The normalized spacial score (nSPS) is 23.9. The van der Waals surface area contributed by atoms with Crippen LogP contribution in [0.5, 0.6) is 0 Å². The van der Waals surface area contributed by atoms with Crippen molar-refractivity contribution in [1.29, 1.82) is 0 Å². The van der Waals surface area contributed by atoms with E-state index in [2.05, 4.69) is 16.0 Å².